The summed E-state index contributed by atoms with van der Waals surface area (Å²) < 4.78 is 0. The minimum absolute atomic E-state index is 0.470. The van der Waals surface area contributed by atoms with Crippen LogP contribution in [0.2, 0.25) is 0 Å². The summed E-state index contributed by atoms with van der Waals surface area (Å²) in [6.07, 6.45) is 0. The molecule has 1 aromatic heterocycles. The average molecular weight is 186 g/mol. The quantitative estimate of drug-likeness (QED) is 0.717. The molecule has 0 aliphatic heterocycles. The van der Waals surface area contributed by atoms with Crippen LogP contribution in [0.4, 0.5) is 0 Å². The zero-order chi connectivity index (χ0) is 9.30. The maximum absolute atomic E-state index is 10.5. The van der Waals surface area contributed by atoms with Gasteiger partial charge in [0, 0.05) is 4.88 Å². The van der Waals surface area contributed by atoms with Crippen LogP contribution in [0.25, 0.3) is 0 Å². The molecular formula is C7H10N2O2S. The Bertz CT molecular complexity index is 289. The normalized spacial score (nSPS) is 12.9. The van der Waals surface area contributed by atoms with Crippen LogP contribution in [-0.2, 0) is 4.79 Å². The van der Waals surface area contributed by atoms with Crippen molar-refractivity contribution in [3.63, 3.8) is 0 Å². The summed E-state index contributed by atoms with van der Waals surface area (Å²) >= 11 is 1.33. The van der Waals surface area contributed by atoms with E-state index in [0.29, 0.717) is 5.01 Å². The maximum atomic E-state index is 10.5. The molecule has 0 aromatic carbocycles. The van der Waals surface area contributed by atoms with Crippen molar-refractivity contribution in [2.24, 2.45) is 5.73 Å². The second kappa shape index (κ2) is 3.20. The van der Waals surface area contributed by atoms with E-state index in [1.807, 2.05) is 13.8 Å². The topological polar surface area (TPSA) is 76.2 Å². The van der Waals surface area contributed by atoms with Gasteiger partial charge in [-0.3, -0.25) is 4.79 Å². The number of thiazole rings is 1. The van der Waals surface area contributed by atoms with Crippen LogP contribution in [0.15, 0.2) is 0 Å². The molecule has 0 aliphatic rings. The molecular weight excluding hydrogens is 176 g/mol. The van der Waals surface area contributed by atoms with Gasteiger partial charge in [0.2, 0.25) is 0 Å². The van der Waals surface area contributed by atoms with E-state index in [-0.39, 0.29) is 0 Å². The number of hydrogen-bond donors (Lipinski definition) is 2. The van der Waals surface area contributed by atoms with E-state index < -0.39 is 12.0 Å². The molecule has 3 N–H and O–H groups in total. The third kappa shape index (κ3) is 1.62. The lowest BCUT2D eigenvalue weighted by Gasteiger charge is -1.99. The van der Waals surface area contributed by atoms with E-state index in [1.54, 1.807) is 0 Å². The van der Waals surface area contributed by atoms with Crippen LogP contribution in [-0.4, -0.2) is 16.1 Å². The van der Waals surface area contributed by atoms with Crippen molar-refractivity contribution in [3.8, 4) is 0 Å². The molecule has 0 spiro atoms. The lowest BCUT2D eigenvalue weighted by molar-refractivity contribution is -0.138. The molecule has 12 heavy (non-hydrogen) atoms. The molecule has 0 saturated heterocycles. The number of nitrogens with two attached hydrogens (primary N) is 1. The monoisotopic (exact) mass is 186 g/mol. The number of carbonyl (C=O) groups is 1. The first-order valence-electron chi connectivity index (χ1n) is 3.44. The summed E-state index contributed by atoms with van der Waals surface area (Å²) in [5.74, 6) is -1.04. The van der Waals surface area contributed by atoms with Crippen LogP contribution in [0, 0.1) is 13.8 Å². The Hall–Kier alpha value is -0.940. The van der Waals surface area contributed by atoms with Crippen molar-refractivity contribution in [1.29, 1.82) is 0 Å². The number of aromatic nitrogens is 1. The fourth-order valence-corrected chi connectivity index (χ4v) is 1.65. The molecule has 1 aromatic rings. The van der Waals surface area contributed by atoms with Crippen molar-refractivity contribution in [2.45, 2.75) is 19.9 Å². The fraction of sp³-hybridized carbons (Fsp3) is 0.429. The zero-order valence-corrected chi connectivity index (χ0v) is 7.68. The molecule has 0 saturated carbocycles. The minimum Gasteiger partial charge on any atom is -0.480 e. The third-order valence-electron chi connectivity index (χ3n) is 1.58. The number of rotatable bonds is 2. The number of hydrogen-bond acceptors (Lipinski definition) is 4. The van der Waals surface area contributed by atoms with E-state index in [4.69, 9.17) is 10.8 Å². The molecule has 0 amide bonds. The predicted octanol–water partition coefficient (Wildman–Crippen LogP) is 0.844. The van der Waals surface area contributed by atoms with Crippen molar-refractivity contribution in [2.75, 3.05) is 0 Å². The van der Waals surface area contributed by atoms with Gasteiger partial charge in [0.15, 0.2) is 6.04 Å². The van der Waals surface area contributed by atoms with Gasteiger partial charge in [0.25, 0.3) is 0 Å². The number of aryl methyl sites for hydroxylation is 2. The van der Waals surface area contributed by atoms with E-state index in [9.17, 15) is 4.79 Å². The number of carboxylic acids is 1. The van der Waals surface area contributed by atoms with E-state index >= 15 is 0 Å². The first kappa shape index (κ1) is 9.15. The summed E-state index contributed by atoms with van der Waals surface area (Å²) in [6, 6.07) is -0.984. The summed E-state index contributed by atoms with van der Waals surface area (Å²) in [5, 5.41) is 9.05. The van der Waals surface area contributed by atoms with Crippen molar-refractivity contribution < 1.29 is 9.90 Å². The van der Waals surface area contributed by atoms with Crippen LogP contribution < -0.4 is 5.73 Å². The summed E-state index contributed by atoms with van der Waals surface area (Å²) in [4.78, 5) is 15.5. The predicted molar refractivity (Wildman–Crippen MR) is 46.2 cm³/mol. The largest absolute Gasteiger partial charge is 0.480 e. The van der Waals surface area contributed by atoms with Crippen molar-refractivity contribution in [3.05, 3.63) is 15.6 Å². The van der Waals surface area contributed by atoms with Gasteiger partial charge in [0.05, 0.1) is 5.69 Å². The summed E-state index contributed by atoms with van der Waals surface area (Å²) in [7, 11) is 0. The molecule has 66 valence electrons. The Morgan fingerprint density at radius 2 is 2.25 bits per heavy atom. The zero-order valence-electron chi connectivity index (χ0n) is 6.87. The second-order valence-corrected chi connectivity index (χ2v) is 3.74. The van der Waals surface area contributed by atoms with Gasteiger partial charge in [-0.05, 0) is 13.8 Å². The van der Waals surface area contributed by atoms with Gasteiger partial charge < -0.3 is 10.8 Å². The highest BCUT2D eigenvalue weighted by molar-refractivity contribution is 7.11. The molecule has 0 aliphatic carbocycles. The molecule has 1 heterocycles. The number of nitrogens with zero attached hydrogens (tertiary/aromatic N) is 1. The highest BCUT2D eigenvalue weighted by Gasteiger charge is 2.18. The van der Waals surface area contributed by atoms with Gasteiger partial charge in [-0.1, -0.05) is 0 Å². The first-order valence-corrected chi connectivity index (χ1v) is 4.26. The van der Waals surface area contributed by atoms with Gasteiger partial charge in [-0.2, -0.15) is 0 Å². The lowest BCUT2D eigenvalue weighted by atomic mass is 10.3. The minimum atomic E-state index is -1.04. The van der Waals surface area contributed by atoms with Crippen LogP contribution in [0.5, 0.6) is 0 Å². The fourth-order valence-electron chi connectivity index (χ4n) is 0.736. The van der Waals surface area contributed by atoms with E-state index in [1.165, 1.54) is 11.3 Å². The summed E-state index contributed by atoms with van der Waals surface area (Å²) in [6.45, 7) is 3.73. The Balaban J connectivity index is 2.96. The molecule has 4 nitrogen and oxygen atoms in total. The highest BCUT2D eigenvalue weighted by atomic mass is 32.1. The van der Waals surface area contributed by atoms with Gasteiger partial charge in [-0.25, -0.2) is 4.98 Å². The van der Waals surface area contributed by atoms with Gasteiger partial charge >= 0.3 is 5.97 Å². The van der Waals surface area contributed by atoms with Crippen molar-refractivity contribution in [1.82, 2.24) is 4.98 Å². The lowest BCUT2D eigenvalue weighted by Crippen LogP contribution is -2.20. The molecule has 1 rings (SSSR count). The molecule has 5 heteroatoms. The molecule has 0 bridgehead atoms. The number of carboxylic acid groups (broad SMARTS) is 1. The third-order valence-corrected chi connectivity index (χ3v) is 2.73. The second-order valence-electron chi connectivity index (χ2n) is 2.51. The average Bonchev–Trinajstić information content (AvgIpc) is 2.30. The van der Waals surface area contributed by atoms with E-state index in [0.717, 1.165) is 10.6 Å². The van der Waals surface area contributed by atoms with Crippen LogP contribution >= 0.6 is 11.3 Å². The standard InChI is InChI=1S/C7H10N2O2S/c1-3-4(2)12-6(9-3)5(8)7(10)11/h5H,8H2,1-2H3,(H,10,11). The molecule has 0 fully saturated rings. The van der Waals surface area contributed by atoms with Gasteiger partial charge in [0.1, 0.15) is 5.01 Å². The van der Waals surface area contributed by atoms with Crippen LogP contribution in [0.1, 0.15) is 21.6 Å². The molecule has 1 atom stereocenters. The Labute approximate surface area is 74.0 Å². The SMILES string of the molecule is Cc1nc(C(N)C(=O)O)sc1C. The highest BCUT2D eigenvalue weighted by Crippen LogP contribution is 2.21. The summed E-state index contributed by atoms with van der Waals surface area (Å²) in [5.41, 5.74) is 6.22. The Morgan fingerprint density at radius 3 is 2.58 bits per heavy atom. The van der Waals surface area contributed by atoms with E-state index in [2.05, 4.69) is 4.98 Å². The van der Waals surface area contributed by atoms with Crippen molar-refractivity contribution >= 4 is 17.3 Å². The Kier molecular flexibility index (Phi) is 2.44. The maximum Gasteiger partial charge on any atom is 0.327 e. The molecule has 0 radical (unpaired) electrons. The van der Waals surface area contributed by atoms with Gasteiger partial charge in [-0.15, -0.1) is 11.3 Å². The molecule has 1 unspecified atom stereocenters. The number of aliphatic carboxylic acids is 1. The smallest absolute Gasteiger partial charge is 0.327 e. The van der Waals surface area contributed by atoms with Crippen LogP contribution in [0.3, 0.4) is 0 Å². The Morgan fingerprint density at radius 1 is 1.67 bits per heavy atom. The first-order chi connectivity index (χ1) is 5.52.